The Bertz CT molecular complexity index is 1200. The molecule has 0 saturated heterocycles. The molecule has 31 heavy (non-hydrogen) atoms. The Hall–Kier alpha value is -3.63. The average Bonchev–Trinajstić information content (AvgIpc) is 2.76. The van der Waals surface area contributed by atoms with Gasteiger partial charge in [0, 0.05) is 0 Å². The Labute approximate surface area is 187 Å². The lowest BCUT2D eigenvalue weighted by Gasteiger charge is -2.14. The van der Waals surface area contributed by atoms with Gasteiger partial charge in [0.1, 0.15) is 12.4 Å². The number of nitrogens with zero attached hydrogens (tertiary/aromatic N) is 1. The van der Waals surface area contributed by atoms with E-state index in [-0.39, 0.29) is 12.2 Å². The van der Waals surface area contributed by atoms with Crippen LogP contribution in [-0.2, 0) is 6.61 Å². The fraction of sp³-hybridized carbons (Fsp3) is 0.0833. The van der Waals surface area contributed by atoms with Crippen LogP contribution in [0, 0.1) is 17.1 Å². The number of hydrogen-bond donors (Lipinski definition) is 1. The fourth-order valence-corrected chi connectivity index (χ4v) is 3.49. The maximum absolute atomic E-state index is 13.5. The first-order valence-electron chi connectivity index (χ1n) is 9.11. The van der Waals surface area contributed by atoms with Crippen molar-refractivity contribution in [3.8, 4) is 17.6 Å². The molecule has 1 N–H and O–H groups in total. The molecule has 3 aromatic carbocycles. The van der Waals surface area contributed by atoms with Gasteiger partial charge in [-0.3, -0.25) is 0 Å². The molecule has 0 aromatic heterocycles. The third kappa shape index (κ3) is 5.50. The Kier molecular flexibility index (Phi) is 7.06. The SMILES string of the molecule is COc1cc(/C=C(/C#N)c2cccc(F)c2)cc(Br)c1OCc1cccc(C(=O)O)c1. The van der Waals surface area contributed by atoms with Crippen molar-refractivity contribution in [1.82, 2.24) is 0 Å². The molecule has 0 radical (unpaired) electrons. The average molecular weight is 482 g/mol. The second kappa shape index (κ2) is 9.92. The van der Waals surface area contributed by atoms with Gasteiger partial charge in [-0.25, -0.2) is 9.18 Å². The van der Waals surface area contributed by atoms with Gasteiger partial charge in [0.2, 0.25) is 0 Å². The Morgan fingerprint density at radius 3 is 2.58 bits per heavy atom. The highest BCUT2D eigenvalue weighted by Gasteiger charge is 2.13. The molecule has 0 amide bonds. The van der Waals surface area contributed by atoms with Crippen LogP contribution in [0.15, 0.2) is 65.1 Å². The Balaban J connectivity index is 1.89. The fourth-order valence-electron chi connectivity index (χ4n) is 2.92. The minimum atomic E-state index is -1.01. The molecule has 0 fully saturated rings. The normalized spacial score (nSPS) is 11.0. The zero-order valence-electron chi connectivity index (χ0n) is 16.4. The van der Waals surface area contributed by atoms with Crippen molar-refractivity contribution in [3.63, 3.8) is 0 Å². The first-order valence-corrected chi connectivity index (χ1v) is 9.91. The van der Waals surface area contributed by atoms with Crippen LogP contribution in [0.1, 0.15) is 27.0 Å². The lowest BCUT2D eigenvalue weighted by atomic mass is 10.0. The van der Waals surface area contributed by atoms with Crippen LogP contribution < -0.4 is 9.47 Å². The maximum atomic E-state index is 13.5. The first-order chi connectivity index (χ1) is 14.9. The molecule has 0 aliphatic heterocycles. The predicted molar refractivity (Wildman–Crippen MR) is 118 cm³/mol. The molecule has 0 unspecified atom stereocenters. The van der Waals surface area contributed by atoms with E-state index in [2.05, 4.69) is 22.0 Å². The van der Waals surface area contributed by atoms with Crippen LogP contribution in [-0.4, -0.2) is 18.2 Å². The number of carboxylic acids is 1. The highest BCUT2D eigenvalue weighted by Crippen LogP contribution is 2.38. The molecule has 0 heterocycles. The molecule has 0 aliphatic rings. The standard InChI is InChI=1S/C24H17BrFNO4/c1-30-22-11-16(9-19(13-27)17-5-3-7-20(26)12-17)10-21(25)23(22)31-14-15-4-2-6-18(8-15)24(28)29/h2-12H,14H2,1H3,(H,28,29)/b19-9-. The van der Waals surface area contributed by atoms with Crippen molar-refractivity contribution in [3.05, 3.63) is 93.2 Å². The van der Waals surface area contributed by atoms with E-state index in [0.29, 0.717) is 38.2 Å². The summed E-state index contributed by atoms with van der Waals surface area (Å²) in [5, 5.41) is 18.6. The van der Waals surface area contributed by atoms with Crippen molar-refractivity contribution in [1.29, 1.82) is 5.26 Å². The summed E-state index contributed by atoms with van der Waals surface area (Å²) in [7, 11) is 1.49. The van der Waals surface area contributed by atoms with Gasteiger partial charge in [0.15, 0.2) is 11.5 Å². The second-order valence-electron chi connectivity index (χ2n) is 6.51. The number of rotatable bonds is 7. The number of methoxy groups -OCH3 is 1. The van der Waals surface area contributed by atoms with E-state index in [0.717, 1.165) is 0 Å². The van der Waals surface area contributed by atoms with Gasteiger partial charge in [0.25, 0.3) is 0 Å². The summed E-state index contributed by atoms with van der Waals surface area (Å²) in [6, 6.07) is 17.8. The summed E-state index contributed by atoms with van der Waals surface area (Å²) in [5.74, 6) is -0.576. The van der Waals surface area contributed by atoms with Crippen LogP contribution in [0.3, 0.4) is 0 Å². The van der Waals surface area contributed by atoms with Crippen molar-refractivity contribution in [2.45, 2.75) is 6.61 Å². The van der Waals surface area contributed by atoms with Gasteiger partial charge in [-0.2, -0.15) is 5.26 Å². The van der Waals surface area contributed by atoms with Crippen molar-refractivity contribution >= 4 is 33.5 Å². The minimum absolute atomic E-state index is 0.137. The number of benzene rings is 3. The summed E-state index contributed by atoms with van der Waals surface area (Å²) in [6.07, 6.45) is 1.63. The molecule has 156 valence electrons. The van der Waals surface area contributed by atoms with Crippen LogP contribution in [0.25, 0.3) is 11.6 Å². The molecule has 7 heteroatoms. The molecule has 3 aromatic rings. The smallest absolute Gasteiger partial charge is 0.335 e. The zero-order valence-corrected chi connectivity index (χ0v) is 18.0. The molecule has 0 bridgehead atoms. The summed E-state index contributed by atoms with van der Waals surface area (Å²) in [5.41, 5.74) is 2.29. The van der Waals surface area contributed by atoms with E-state index in [1.165, 1.54) is 31.4 Å². The molecule has 0 atom stereocenters. The van der Waals surface area contributed by atoms with Crippen LogP contribution in [0.2, 0.25) is 0 Å². The van der Waals surface area contributed by atoms with Crippen LogP contribution >= 0.6 is 15.9 Å². The van der Waals surface area contributed by atoms with Crippen LogP contribution in [0.5, 0.6) is 11.5 Å². The molecule has 0 spiro atoms. The van der Waals surface area contributed by atoms with E-state index >= 15 is 0 Å². The Morgan fingerprint density at radius 1 is 1.16 bits per heavy atom. The number of allylic oxidation sites excluding steroid dienone is 1. The van der Waals surface area contributed by atoms with Gasteiger partial charge < -0.3 is 14.6 Å². The number of carbonyl (C=O) groups is 1. The predicted octanol–water partition coefficient (Wildman–Crippen LogP) is 5.94. The van der Waals surface area contributed by atoms with Gasteiger partial charge in [-0.15, -0.1) is 0 Å². The van der Waals surface area contributed by atoms with E-state index < -0.39 is 11.8 Å². The lowest BCUT2D eigenvalue weighted by Crippen LogP contribution is -2.02. The number of nitriles is 1. The molecular weight excluding hydrogens is 465 g/mol. The number of aromatic carboxylic acids is 1. The first kappa shape index (κ1) is 22.1. The van der Waals surface area contributed by atoms with E-state index in [1.807, 2.05) is 0 Å². The monoisotopic (exact) mass is 481 g/mol. The van der Waals surface area contributed by atoms with Gasteiger partial charge >= 0.3 is 5.97 Å². The summed E-state index contributed by atoms with van der Waals surface area (Å²) >= 11 is 3.46. The van der Waals surface area contributed by atoms with Crippen molar-refractivity contribution in [2.24, 2.45) is 0 Å². The second-order valence-corrected chi connectivity index (χ2v) is 7.36. The number of hydrogen-bond acceptors (Lipinski definition) is 4. The summed E-state index contributed by atoms with van der Waals surface area (Å²) in [4.78, 5) is 11.1. The maximum Gasteiger partial charge on any atom is 0.335 e. The number of ether oxygens (including phenoxy) is 2. The summed E-state index contributed by atoms with van der Waals surface area (Å²) in [6.45, 7) is 0.137. The highest BCUT2D eigenvalue weighted by atomic mass is 79.9. The number of carboxylic acid groups (broad SMARTS) is 1. The largest absolute Gasteiger partial charge is 0.493 e. The Morgan fingerprint density at radius 2 is 1.90 bits per heavy atom. The van der Waals surface area contributed by atoms with E-state index in [4.69, 9.17) is 14.6 Å². The molecule has 0 aliphatic carbocycles. The lowest BCUT2D eigenvalue weighted by molar-refractivity contribution is 0.0696. The quantitative estimate of drug-likeness (QED) is 0.333. The third-order valence-electron chi connectivity index (χ3n) is 4.38. The molecule has 5 nitrogen and oxygen atoms in total. The summed E-state index contributed by atoms with van der Waals surface area (Å²) < 4.78 is 25.4. The van der Waals surface area contributed by atoms with Crippen molar-refractivity contribution in [2.75, 3.05) is 7.11 Å². The number of halogens is 2. The molecular formula is C24H17BrFNO4. The zero-order chi connectivity index (χ0) is 22.4. The van der Waals surface area contributed by atoms with Gasteiger partial charge in [-0.1, -0.05) is 24.3 Å². The minimum Gasteiger partial charge on any atom is -0.493 e. The molecule has 0 saturated carbocycles. The van der Waals surface area contributed by atoms with E-state index in [1.54, 1.807) is 42.5 Å². The van der Waals surface area contributed by atoms with Gasteiger partial charge in [-0.05, 0) is 75.1 Å². The van der Waals surface area contributed by atoms with E-state index in [9.17, 15) is 14.4 Å². The highest BCUT2D eigenvalue weighted by molar-refractivity contribution is 9.10. The van der Waals surface area contributed by atoms with Crippen molar-refractivity contribution < 1.29 is 23.8 Å². The van der Waals surface area contributed by atoms with Gasteiger partial charge in [0.05, 0.1) is 28.8 Å². The van der Waals surface area contributed by atoms with Crippen LogP contribution in [0.4, 0.5) is 4.39 Å². The third-order valence-corrected chi connectivity index (χ3v) is 4.96. The molecule has 3 rings (SSSR count). The topological polar surface area (TPSA) is 79.5 Å².